The molecule has 1 saturated heterocycles. The van der Waals surface area contributed by atoms with Crippen LogP contribution in [0.15, 0.2) is 24.8 Å². The molecule has 0 spiro atoms. The Morgan fingerprint density at radius 1 is 0.887 bits per heavy atom. The van der Waals surface area contributed by atoms with Gasteiger partial charge in [-0.2, -0.15) is 18.1 Å². The van der Waals surface area contributed by atoms with Crippen LogP contribution in [0.2, 0.25) is 0 Å². The molecule has 53 heavy (non-hydrogen) atoms. The van der Waals surface area contributed by atoms with Gasteiger partial charge in [0.15, 0.2) is 22.5 Å². The summed E-state index contributed by atoms with van der Waals surface area (Å²) < 4.78 is 74.5. The number of imidazole rings is 1. The van der Waals surface area contributed by atoms with Crippen molar-refractivity contribution in [3.63, 3.8) is 0 Å². The largest absolute Gasteiger partial charge is 0.479 e. The summed E-state index contributed by atoms with van der Waals surface area (Å²) in [4.78, 5) is 66.4. The number of anilines is 2. The van der Waals surface area contributed by atoms with Gasteiger partial charge >= 0.3 is 30.4 Å². The van der Waals surface area contributed by atoms with Crippen molar-refractivity contribution in [3.8, 4) is 0 Å². The molecular formula is C34H43F4N7O8. The molecule has 0 unspecified atom stereocenters. The molecule has 19 heteroatoms. The number of aromatic nitrogens is 4. The van der Waals surface area contributed by atoms with Crippen LogP contribution in [0.3, 0.4) is 0 Å². The van der Waals surface area contributed by atoms with Crippen LogP contribution in [-0.2, 0) is 32.0 Å². The van der Waals surface area contributed by atoms with E-state index in [1.165, 1.54) is 15.5 Å². The number of carboxylic acids is 1. The summed E-state index contributed by atoms with van der Waals surface area (Å²) in [6.45, 7) is 13.3. The molecule has 2 N–H and O–H groups in total. The molecule has 1 fully saturated rings. The quantitative estimate of drug-likeness (QED) is 0.202. The Hall–Kier alpha value is -5.23. The van der Waals surface area contributed by atoms with Crippen molar-refractivity contribution in [2.75, 3.05) is 22.9 Å². The highest BCUT2D eigenvalue weighted by Crippen LogP contribution is 2.37. The van der Waals surface area contributed by atoms with Gasteiger partial charge in [0, 0.05) is 29.8 Å². The summed E-state index contributed by atoms with van der Waals surface area (Å²) in [5, 5.41) is 12.6. The predicted octanol–water partition coefficient (Wildman–Crippen LogP) is 6.35. The van der Waals surface area contributed by atoms with Crippen molar-refractivity contribution in [1.29, 1.82) is 0 Å². The summed E-state index contributed by atoms with van der Waals surface area (Å²) >= 11 is 0. The van der Waals surface area contributed by atoms with Crippen LogP contribution in [0, 0.1) is 5.82 Å². The molecule has 290 valence electrons. The van der Waals surface area contributed by atoms with Gasteiger partial charge in [0.25, 0.3) is 0 Å². The molecule has 0 aliphatic carbocycles. The topological polar surface area (TPSA) is 178 Å². The zero-order chi connectivity index (χ0) is 39.9. The number of alkyl halides is 3. The van der Waals surface area contributed by atoms with Crippen LogP contribution in [-0.4, -0.2) is 90.5 Å². The third-order valence-corrected chi connectivity index (χ3v) is 7.56. The molecule has 1 aliphatic rings. The van der Waals surface area contributed by atoms with Gasteiger partial charge in [0.05, 0.1) is 25.8 Å². The maximum atomic E-state index is 15.4. The number of nitrogens with zero attached hydrogens (tertiary/aromatic N) is 6. The predicted molar refractivity (Wildman–Crippen MR) is 182 cm³/mol. The first-order valence-electron chi connectivity index (χ1n) is 16.5. The van der Waals surface area contributed by atoms with E-state index in [4.69, 9.17) is 14.2 Å². The molecule has 0 radical (unpaired) electrons. The second-order valence-electron chi connectivity index (χ2n) is 15.5. The minimum atomic E-state index is -4.85. The van der Waals surface area contributed by atoms with Crippen LogP contribution in [0.5, 0.6) is 0 Å². The first-order chi connectivity index (χ1) is 24.2. The first-order valence-corrected chi connectivity index (χ1v) is 16.5. The molecule has 15 nitrogen and oxygen atoms in total. The Kier molecular flexibility index (Phi) is 10.9. The number of alkyl carbamates (subject to hydrolysis) is 1. The summed E-state index contributed by atoms with van der Waals surface area (Å²) in [5.41, 5.74) is -6.01. The highest BCUT2D eigenvalue weighted by Gasteiger charge is 2.48. The van der Waals surface area contributed by atoms with E-state index < -0.39 is 83.7 Å². The van der Waals surface area contributed by atoms with E-state index in [1.54, 1.807) is 62.3 Å². The van der Waals surface area contributed by atoms with Gasteiger partial charge in [-0.15, -0.1) is 0 Å². The fraction of sp³-hybridized carbons (Fsp3) is 0.559. The highest BCUT2D eigenvalue weighted by atomic mass is 19.4. The number of hydrogen-bond donors (Lipinski definition) is 2. The van der Waals surface area contributed by atoms with E-state index in [1.807, 2.05) is 0 Å². The molecule has 3 aromatic rings. The second kappa shape index (κ2) is 14.3. The molecule has 3 amide bonds. The number of hydrogen-bond acceptors (Lipinski definition) is 11. The summed E-state index contributed by atoms with van der Waals surface area (Å²) in [6.07, 6.45) is -7.86. The summed E-state index contributed by atoms with van der Waals surface area (Å²) in [7, 11) is 0. The van der Waals surface area contributed by atoms with E-state index in [2.05, 4.69) is 20.3 Å². The van der Waals surface area contributed by atoms with Gasteiger partial charge in [0.2, 0.25) is 0 Å². The van der Waals surface area contributed by atoms with Crippen LogP contribution < -0.4 is 15.1 Å². The molecule has 1 aromatic carbocycles. The van der Waals surface area contributed by atoms with Crippen molar-refractivity contribution >= 4 is 46.9 Å². The average molecular weight is 754 g/mol. The fourth-order valence-electron chi connectivity index (χ4n) is 5.54. The molecular weight excluding hydrogens is 710 g/mol. The van der Waals surface area contributed by atoms with Crippen LogP contribution >= 0.6 is 0 Å². The number of ether oxygens (including phenoxy) is 3. The number of nitrogens with one attached hydrogen (secondary N) is 1. The minimum absolute atomic E-state index is 0.0517. The van der Waals surface area contributed by atoms with Crippen molar-refractivity contribution in [3.05, 3.63) is 41.7 Å². The van der Waals surface area contributed by atoms with Crippen molar-refractivity contribution in [2.24, 2.45) is 0 Å². The lowest BCUT2D eigenvalue weighted by atomic mass is 9.98. The van der Waals surface area contributed by atoms with Gasteiger partial charge in [0.1, 0.15) is 28.9 Å². The van der Waals surface area contributed by atoms with E-state index in [-0.39, 0.29) is 41.2 Å². The van der Waals surface area contributed by atoms with Crippen LogP contribution in [0.4, 0.5) is 43.5 Å². The van der Waals surface area contributed by atoms with Crippen molar-refractivity contribution in [2.45, 2.75) is 110 Å². The van der Waals surface area contributed by atoms with E-state index in [0.717, 1.165) is 18.7 Å². The highest BCUT2D eigenvalue weighted by molar-refractivity contribution is 6.12. The lowest BCUT2D eigenvalue weighted by molar-refractivity contribution is -0.144. The van der Waals surface area contributed by atoms with Crippen molar-refractivity contribution in [1.82, 2.24) is 24.8 Å². The van der Waals surface area contributed by atoms with Gasteiger partial charge < -0.3 is 34.1 Å². The second-order valence-corrected chi connectivity index (χ2v) is 15.5. The molecule has 0 bridgehead atoms. The molecule has 3 heterocycles. The number of aliphatic carboxylic acids is 1. The SMILES string of the molecule is CC(C)(C)OC(=O)N[C@]1(C(=O)O)CCN(c2ccc(F)c(CC(F)(F)F)c2Cn2cnc3c(N(C(=O)OC(C)(C)C)C(=O)OC(C)(C)C)ncnc32)C1. The number of halogens is 4. The third kappa shape index (κ3) is 10.0. The number of imide groups is 1. The Bertz CT molecular complexity index is 1870. The number of benzene rings is 1. The number of fused-ring (bicyclic) bond motifs is 1. The van der Waals surface area contributed by atoms with Gasteiger partial charge in [-0.25, -0.2) is 38.5 Å². The Balaban J connectivity index is 1.82. The zero-order valence-electron chi connectivity index (χ0n) is 30.8. The number of carbonyl (C=O) groups excluding carboxylic acids is 3. The van der Waals surface area contributed by atoms with E-state index in [9.17, 15) is 37.5 Å². The molecule has 1 aliphatic heterocycles. The maximum absolute atomic E-state index is 15.4. The van der Waals surface area contributed by atoms with Gasteiger partial charge in [-0.1, -0.05) is 0 Å². The van der Waals surface area contributed by atoms with Crippen LogP contribution in [0.25, 0.3) is 11.2 Å². The maximum Gasteiger partial charge on any atom is 0.425 e. The molecule has 2 aromatic heterocycles. The number of rotatable bonds is 7. The molecule has 0 saturated carbocycles. The fourth-order valence-corrected chi connectivity index (χ4v) is 5.54. The number of carboxylic acid groups (broad SMARTS) is 1. The normalized spacial score (nSPS) is 16.7. The van der Waals surface area contributed by atoms with Crippen LogP contribution in [0.1, 0.15) is 79.9 Å². The Morgan fingerprint density at radius 3 is 2.00 bits per heavy atom. The van der Waals surface area contributed by atoms with Crippen molar-refractivity contribution < 1.29 is 56.1 Å². The third-order valence-electron chi connectivity index (χ3n) is 7.56. The Morgan fingerprint density at radius 2 is 1.47 bits per heavy atom. The first kappa shape index (κ1) is 40.5. The molecule has 4 rings (SSSR count). The number of carbonyl (C=O) groups is 4. The smallest absolute Gasteiger partial charge is 0.425 e. The zero-order valence-corrected chi connectivity index (χ0v) is 30.8. The molecule has 1 atom stereocenters. The van der Waals surface area contributed by atoms with Gasteiger partial charge in [-0.3, -0.25) is 0 Å². The lowest BCUT2D eigenvalue weighted by Gasteiger charge is -2.30. The standard InChI is InChI=1S/C34H43F4N7O8/c1-30(2,3)51-27(48)42-33(26(46)47)12-13-43(16-33)22-11-10-21(35)19(14-34(36,37)38)20(22)15-44-18-41-23-24(44)39-17-40-25(23)45(28(49)52-31(4,5)6)29(50)53-32(7,8)9/h10-11,17-18H,12-16H2,1-9H3,(H,42,48)(H,46,47)/t33-/m1/s1. The minimum Gasteiger partial charge on any atom is -0.479 e. The monoisotopic (exact) mass is 753 g/mol. The summed E-state index contributed by atoms with van der Waals surface area (Å²) in [6, 6.07) is 2.08. The lowest BCUT2D eigenvalue weighted by Crippen LogP contribution is -2.57. The Labute approximate surface area is 302 Å². The van der Waals surface area contributed by atoms with E-state index >= 15 is 4.39 Å². The number of amides is 3. The van der Waals surface area contributed by atoms with Gasteiger partial charge in [-0.05, 0) is 74.4 Å². The van der Waals surface area contributed by atoms with E-state index in [0.29, 0.717) is 4.90 Å². The summed E-state index contributed by atoms with van der Waals surface area (Å²) in [5.74, 6) is -2.93. The average Bonchev–Trinajstić information content (AvgIpc) is 3.57.